The average Bonchev–Trinajstić information content (AvgIpc) is 2.55. The van der Waals surface area contributed by atoms with Crippen molar-refractivity contribution in [3.8, 4) is 11.8 Å². The monoisotopic (exact) mass is 297 g/mol. The highest BCUT2D eigenvalue weighted by atomic mass is 19.1. The zero-order valence-electron chi connectivity index (χ0n) is 11.5. The number of rotatable bonds is 5. The third-order valence-electron chi connectivity index (χ3n) is 2.64. The molecule has 0 saturated carbocycles. The number of benzene rings is 2. The van der Waals surface area contributed by atoms with Crippen molar-refractivity contribution in [2.75, 3.05) is 6.61 Å². The van der Waals surface area contributed by atoms with Crippen LogP contribution in [0.3, 0.4) is 0 Å². The Kier molecular flexibility index (Phi) is 5.21. The van der Waals surface area contributed by atoms with Crippen LogP contribution in [0.4, 0.5) is 4.39 Å². The topological polar surface area (TPSA) is 74.5 Å². The molecular formula is C16H12FN3O2. The van der Waals surface area contributed by atoms with Crippen LogP contribution in [0.25, 0.3) is 0 Å². The Hall–Kier alpha value is -3.20. The molecule has 0 aliphatic heterocycles. The van der Waals surface area contributed by atoms with E-state index in [1.54, 1.807) is 30.3 Å². The van der Waals surface area contributed by atoms with Gasteiger partial charge in [-0.2, -0.15) is 10.4 Å². The lowest BCUT2D eigenvalue weighted by molar-refractivity contribution is -0.123. The highest BCUT2D eigenvalue weighted by Gasteiger charge is 2.05. The molecular weight excluding hydrogens is 285 g/mol. The number of hydrazone groups is 1. The van der Waals surface area contributed by atoms with Crippen LogP contribution in [0.2, 0.25) is 0 Å². The molecule has 110 valence electrons. The molecule has 2 aromatic rings. The van der Waals surface area contributed by atoms with Crippen molar-refractivity contribution in [1.29, 1.82) is 5.26 Å². The van der Waals surface area contributed by atoms with Crippen LogP contribution < -0.4 is 10.2 Å². The highest BCUT2D eigenvalue weighted by molar-refractivity contribution is 5.83. The summed E-state index contributed by atoms with van der Waals surface area (Å²) < 4.78 is 18.3. The molecule has 0 aromatic heterocycles. The third-order valence-corrected chi connectivity index (χ3v) is 2.64. The molecule has 22 heavy (non-hydrogen) atoms. The van der Waals surface area contributed by atoms with Crippen molar-refractivity contribution in [2.45, 2.75) is 0 Å². The molecule has 5 nitrogen and oxygen atoms in total. The first-order valence-electron chi connectivity index (χ1n) is 6.38. The predicted molar refractivity (Wildman–Crippen MR) is 78.8 cm³/mol. The van der Waals surface area contributed by atoms with Crippen LogP contribution in [-0.2, 0) is 4.79 Å². The standard InChI is InChI=1S/C16H12FN3O2/c17-14-3-1-2-4-15(14)22-11-16(21)20-19-10-13-7-5-12(9-18)6-8-13/h1-8,10H,11H2,(H,20,21)/b19-10-. The molecule has 0 aliphatic carbocycles. The highest BCUT2D eigenvalue weighted by Crippen LogP contribution is 2.14. The summed E-state index contributed by atoms with van der Waals surface area (Å²) in [6, 6.07) is 14.5. The minimum atomic E-state index is -0.531. The van der Waals surface area contributed by atoms with Gasteiger partial charge in [-0.15, -0.1) is 0 Å². The number of nitrogens with zero attached hydrogens (tertiary/aromatic N) is 2. The molecule has 0 aliphatic rings. The van der Waals surface area contributed by atoms with E-state index in [9.17, 15) is 9.18 Å². The second-order valence-electron chi connectivity index (χ2n) is 4.25. The van der Waals surface area contributed by atoms with Crippen molar-refractivity contribution in [3.05, 3.63) is 65.5 Å². The van der Waals surface area contributed by atoms with Crippen molar-refractivity contribution in [2.24, 2.45) is 5.10 Å². The maximum atomic E-state index is 13.3. The lowest BCUT2D eigenvalue weighted by Crippen LogP contribution is -2.24. The summed E-state index contributed by atoms with van der Waals surface area (Å²) in [7, 11) is 0. The lowest BCUT2D eigenvalue weighted by atomic mass is 10.2. The third kappa shape index (κ3) is 4.42. The van der Waals surface area contributed by atoms with Crippen molar-refractivity contribution >= 4 is 12.1 Å². The Bertz CT molecular complexity index is 721. The summed E-state index contributed by atoms with van der Waals surface area (Å²) in [5.74, 6) is -1.03. The predicted octanol–water partition coefficient (Wildman–Crippen LogP) is 2.23. The molecule has 0 radical (unpaired) electrons. The molecule has 0 unspecified atom stereocenters. The number of halogens is 1. The summed E-state index contributed by atoms with van der Waals surface area (Å²) in [5, 5.41) is 12.4. The molecule has 0 spiro atoms. The number of nitrogens with one attached hydrogen (secondary N) is 1. The molecule has 6 heteroatoms. The summed E-state index contributed by atoms with van der Waals surface area (Å²) in [4.78, 5) is 11.5. The number of para-hydroxylation sites is 1. The fourth-order valence-electron chi connectivity index (χ4n) is 1.56. The number of hydrogen-bond donors (Lipinski definition) is 1. The van der Waals surface area contributed by atoms with E-state index in [4.69, 9.17) is 10.00 Å². The zero-order chi connectivity index (χ0) is 15.8. The first-order valence-corrected chi connectivity index (χ1v) is 6.38. The fourth-order valence-corrected chi connectivity index (χ4v) is 1.56. The Balaban J connectivity index is 1.81. The van der Waals surface area contributed by atoms with Crippen LogP contribution in [-0.4, -0.2) is 18.7 Å². The molecule has 1 N–H and O–H groups in total. The molecule has 0 heterocycles. The average molecular weight is 297 g/mol. The number of nitriles is 1. The minimum Gasteiger partial charge on any atom is -0.481 e. The van der Waals surface area contributed by atoms with Crippen molar-refractivity contribution in [3.63, 3.8) is 0 Å². The van der Waals surface area contributed by atoms with Gasteiger partial charge in [0.2, 0.25) is 0 Å². The summed E-state index contributed by atoms with van der Waals surface area (Å²) >= 11 is 0. The zero-order valence-corrected chi connectivity index (χ0v) is 11.5. The second-order valence-corrected chi connectivity index (χ2v) is 4.25. The normalized spacial score (nSPS) is 10.2. The summed E-state index contributed by atoms with van der Waals surface area (Å²) in [5.41, 5.74) is 3.54. The van der Waals surface area contributed by atoms with E-state index in [2.05, 4.69) is 10.5 Å². The van der Waals surface area contributed by atoms with E-state index in [1.165, 1.54) is 24.4 Å². The smallest absolute Gasteiger partial charge is 0.277 e. The minimum absolute atomic E-state index is 0.00808. The van der Waals surface area contributed by atoms with Crippen molar-refractivity contribution < 1.29 is 13.9 Å². The Morgan fingerprint density at radius 3 is 2.68 bits per heavy atom. The van der Waals surface area contributed by atoms with E-state index in [-0.39, 0.29) is 12.4 Å². The van der Waals surface area contributed by atoms with Gasteiger partial charge < -0.3 is 4.74 Å². The summed E-state index contributed by atoms with van der Waals surface area (Å²) in [6.07, 6.45) is 1.43. The number of ether oxygens (including phenoxy) is 1. The number of carbonyl (C=O) groups excluding carboxylic acids is 1. The largest absolute Gasteiger partial charge is 0.481 e. The Morgan fingerprint density at radius 2 is 2.00 bits per heavy atom. The number of amides is 1. The number of carbonyl (C=O) groups is 1. The molecule has 0 atom stereocenters. The fraction of sp³-hybridized carbons (Fsp3) is 0.0625. The molecule has 0 fully saturated rings. The maximum Gasteiger partial charge on any atom is 0.277 e. The van der Waals surface area contributed by atoms with Gasteiger partial charge in [0.15, 0.2) is 18.2 Å². The van der Waals surface area contributed by atoms with Crippen LogP contribution in [0.15, 0.2) is 53.6 Å². The summed E-state index contributed by atoms with van der Waals surface area (Å²) in [6.45, 7) is -0.342. The molecule has 2 aromatic carbocycles. The van der Waals surface area contributed by atoms with E-state index < -0.39 is 11.7 Å². The van der Waals surface area contributed by atoms with E-state index in [1.807, 2.05) is 6.07 Å². The Morgan fingerprint density at radius 1 is 1.27 bits per heavy atom. The first-order chi connectivity index (χ1) is 10.7. The quantitative estimate of drug-likeness (QED) is 0.679. The van der Waals surface area contributed by atoms with Gasteiger partial charge in [0.05, 0.1) is 17.8 Å². The lowest BCUT2D eigenvalue weighted by Gasteiger charge is -2.05. The van der Waals surface area contributed by atoms with Crippen LogP contribution in [0.5, 0.6) is 5.75 Å². The van der Waals surface area contributed by atoms with Gasteiger partial charge >= 0.3 is 0 Å². The SMILES string of the molecule is N#Cc1ccc(/C=N\NC(=O)COc2ccccc2F)cc1. The van der Waals surface area contributed by atoms with Gasteiger partial charge in [-0.25, -0.2) is 9.82 Å². The first kappa shape index (κ1) is 15.2. The van der Waals surface area contributed by atoms with Gasteiger partial charge in [0.1, 0.15) is 0 Å². The van der Waals surface area contributed by atoms with Crippen LogP contribution >= 0.6 is 0 Å². The molecule has 2 rings (SSSR count). The second kappa shape index (κ2) is 7.55. The number of hydrogen-bond acceptors (Lipinski definition) is 4. The molecule has 1 amide bonds. The van der Waals surface area contributed by atoms with Gasteiger partial charge in [0.25, 0.3) is 5.91 Å². The van der Waals surface area contributed by atoms with Crippen molar-refractivity contribution in [1.82, 2.24) is 5.43 Å². The van der Waals surface area contributed by atoms with Crippen LogP contribution in [0.1, 0.15) is 11.1 Å². The maximum absolute atomic E-state index is 13.3. The van der Waals surface area contributed by atoms with Gasteiger partial charge in [-0.05, 0) is 29.8 Å². The van der Waals surface area contributed by atoms with E-state index in [0.29, 0.717) is 5.56 Å². The molecule has 0 saturated heterocycles. The Labute approximate surface area is 126 Å². The van der Waals surface area contributed by atoms with E-state index in [0.717, 1.165) is 5.56 Å². The van der Waals surface area contributed by atoms with Crippen LogP contribution in [0, 0.1) is 17.1 Å². The van der Waals surface area contributed by atoms with Gasteiger partial charge in [-0.3, -0.25) is 4.79 Å². The van der Waals surface area contributed by atoms with Gasteiger partial charge in [0, 0.05) is 0 Å². The molecule has 0 bridgehead atoms. The van der Waals surface area contributed by atoms with Gasteiger partial charge in [-0.1, -0.05) is 24.3 Å². The van der Waals surface area contributed by atoms with E-state index >= 15 is 0 Å².